The van der Waals surface area contributed by atoms with Gasteiger partial charge in [-0.2, -0.15) is 0 Å². The lowest BCUT2D eigenvalue weighted by atomic mass is 10.3. The first-order valence-corrected chi connectivity index (χ1v) is 5.48. The lowest BCUT2D eigenvalue weighted by molar-refractivity contribution is -0.132. The number of amides is 1. The molecule has 80 valence electrons. The van der Waals surface area contributed by atoms with Crippen molar-refractivity contribution in [1.29, 1.82) is 0 Å². The monoisotopic (exact) mass is 216 g/mol. The van der Waals surface area contributed by atoms with Crippen LogP contribution in [-0.4, -0.2) is 54.3 Å². The summed E-state index contributed by atoms with van der Waals surface area (Å²) < 4.78 is 0. The molecule has 0 unspecified atom stereocenters. The van der Waals surface area contributed by atoms with Crippen LogP contribution in [0, 0.1) is 0 Å². The largest absolute Gasteiger partial charge is 0.340 e. The fourth-order valence-corrected chi connectivity index (χ4v) is 1.76. The minimum atomic E-state index is 0.179. The summed E-state index contributed by atoms with van der Waals surface area (Å²) in [7, 11) is 0. The average Bonchev–Trinajstić information content (AvgIpc) is 2.20. The van der Waals surface area contributed by atoms with Gasteiger partial charge in [-0.05, 0) is 0 Å². The smallest absolute Gasteiger partial charge is 0.223 e. The number of alkyl halides is 1. The highest BCUT2D eigenvalue weighted by Gasteiger charge is 2.19. The molecule has 0 N–H and O–H groups in total. The SMILES string of the molecule is C=CCN1CCN(C(=O)CCCl)CC1. The molecule has 1 amide bonds. The highest BCUT2D eigenvalue weighted by atomic mass is 35.5. The van der Waals surface area contributed by atoms with Crippen LogP contribution in [0.25, 0.3) is 0 Å². The molecule has 1 heterocycles. The van der Waals surface area contributed by atoms with Crippen molar-refractivity contribution in [2.24, 2.45) is 0 Å². The van der Waals surface area contributed by atoms with Crippen molar-refractivity contribution in [2.45, 2.75) is 6.42 Å². The molecule has 0 aliphatic carbocycles. The standard InChI is InChI=1S/C10H17ClN2O/c1-2-5-12-6-8-13(9-7-12)10(14)3-4-11/h2H,1,3-9H2. The highest BCUT2D eigenvalue weighted by Crippen LogP contribution is 2.04. The Kier molecular flexibility index (Phi) is 4.98. The lowest BCUT2D eigenvalue weighted by Gasteiger charge is -2.34. The third kappa shape index (κ3) is 3.31. The minimum absolute atomic E-state index is 0.179. The Hall–Kier alpha value is -0.540. The van der Waals surface area contributed by atoms with Gasteiger partial charge in [0, 0.05) is 45.0 Å². The van der Waals surface area contributed by atoms with Gasteiger partial charge in [-0.1, -0.05) is 6.08 Å². The molecule has 1 rings (SSSR count). The molecule has 0 saturated carbocycles. The first-order valence-electron chi connectivity index (χ1n) is 4.95. The van der Waals surface area contributed by atoms with E-state index in [-0.39, 0.29) is 5.91 Å². The number of halogens is 1. The van der Waals surface area contributed by atoms with Crippen LogP contribution in [0.15, 0.2) is 12.7 Å². The van der Waals surface area contributed by atoms with Gasteiger partial charge < -0.3 is 4.90 Å². The summed E-state index contributed by atoms with van der Waals surface area (Å²) in [5, 5.41) is 0. The number of nitrogens with zero attached hydrogens (tertiary/aromatic N) is 2. The second kappa shape index (κ2) is 6.04. The molecule has 0 spiro atoms. The Balaban J connectivity index is 2.27. The number of piperazine rings is 1. The molecule has 0 aromatic heterocycles. The van der Waals surface area contributed by atoms with Gasteiger partial charge in [-0.15, -0.1) is 18.2 Å². The number of rotatable bonds is 4. The summed E-state index contributed by atoms with van der Waals surface area (Å²) in [6.07, 6.45) is 2.36. The van der Waals surface area contributed by atoms with Crippen LogP contribution >= 0.6 is 11.6 Å². The fourth-order valence-electron chi connectivity index (χ4n) is 1.60. The normalized spacial score (nSPS) is 18.2. The van der Waals surface area contributed by atoms with E-state index in [1.165, 1.54) is 0 Å². The van der Waals surface area contributed by atoms with Crippen LogP contribution < -0.4 is 0 Å². The van der Waals surface area contributed by atoms with E-state index in [1.54, 1.807) is 0 Å². The van der Waals surface area contributed by atoms with Gasteiger partial charge in [0.1, 0.15) is 0 Å². The molecule has 1 fully saturated rings. The van der Waals surface area contributed by atoms with Crippen LogP contribution in [0.2, 0.25) is 0 Å². The maximum absolute atomic E-state index is 11.5. The summed E-state index contributed by atoms with van der Waals surface area (Å²) in [5.41, 5.74) is 0. The second-order valence-corrected chi connectivity index (χ2v) is 3.79. The van der Waals surface area contributed by atoms with Crippen molar-refractivity contribution in [3.8, 4) is 0 Å². The van der Waals surface area contributed by atoms with Gasteiger partial charge in [0.2, 0.25) is 5.91 Å². The summed E-state index contributed by atoms with van der Waals surface area (Å²) in [6.45, 7) is 8.15. The van der Waals surface area contributed by atoms with Crippen molar-refractivity contribution >= 4 is 17.5 Å². The van der Waals surface area contributed by atoms with Gasteiger partial charge in [0.05, 0.1) is 0 Å². The fraction of sp³-hybridized carbons (Fsp3) is 0.700. The Bertz CT molecular complexity index is 200. The van der Waals surface area contributed by atoms with Gasteiger partial charge in [0.25, 0.3) is 0 Å². The number of carbonyl (C=O) groups is 1. The molecule has 1 aliphatic heterocycles. The molecule has 4 heteroatoms. The predicted molar refractivity (Wildman–Crippen MR) is 58.6 cm³/mol. The first-order chi connectivity index (χ1) is 6.77. The van der Waals surface area contributed by atoms with Gasteiger partial charge >= 0.3 is 0 Å². The van der Waals surface area contributed by atoms with Crippen molar-refractivity contribution in [3.63, 3.8) is 0 Å². The van der Waals surface area contributed by atoms with E-state index in [2.05, 4.69) is 11.5 Å². The molecule has 0 bridgehead atoms. The van der Waals surface area contributed by atoms with Gasteiger partial charge in [-0.3, -0.25) is 9.69 Å². The van der Waals surface area contributed by atoms with Gasteiger partial charge in [-0.25, -0.2) is 0 Å². The molecule has 3 nitrogen and oxygen atoms in total. The van der Waals surface area contributed by atoms with E-state index in [1.807, 2.05) is 11.0 Å². The topological polar surface area (TPSA) is 23.6 Å². The van der Waals surface area contributed by atoms with Crippen molar-refractivity contribution < 1.29 is 4.79 Å². The lowest BCUT2D eigenvalue weighted by Crippen LogP contribution is -2.48. The molecular weight excluding hydrogens is 200 g/mol. The van der Waals surface area contributed by atoms with Crippen LogP contribution in [0.1, 0.15) is 6.42 Å². The molecule has 14 heavy (non-hydrogen) atoms. The zero-order chi connectivity index (χ0) is 10.4. The molecule has 0 atom stereocenters. The molecular formula is C10H17ClN2O. The van der Waals surface area contributed by atoms with E-state index in [0.717, 1.165) is 32.7 Å². The summed E-state index contributed by atoms with van der Waals surface area (Å²) in [5.74, 6) is 0.601. The van der Waals surface area contributed by atoms with Crippen LogP contribution in [0.3, 0.4) is 0 Å². The number of hydrogen-bond acceptors (Lipinski definition) is 2. The summed E-state index contributed by atoms with van der Waals surface area (Å²) in [6, 6.07) is 0. The summed E-state index contributed by atoms with van der Waals surface area (Å²) >= 11 is 5.52. The molecule has 0 radical (unpaired) electrons. The Labute approximate surface area is 90.3 Å². The van der Waals surface area contributed by atoms with E-state index in [0.29, 0.717) is 12.3 Å². The van der Waals surface area contributed by atoms with E-state index in [4.69, 9.17) is 11.6 Å². The van der Waals surface area contributed by atoms with Crippen LogP contribution in [-0.2, 0) is 4.79 Å². The summed E-state index contributed by atoms with van der Waals surface area (Å²) in [4.78, 5) is 15.6. The zero-order valence-corrected chi connectivity index (χ0v) is 9.17. The highest BCUT2D eigenvalue weighted by molar-refractivity contribution is 6.18. The van der Waals surface area contributed by atoms with Crippen LogP contribution in [0.4, 0.5) is 0 Å². The Morgan fingerprint density at radius 3 is 2.50 bits per heavy atom. The molecule has 1 saturated heterocycles. The second-order valence-electron chi connectivity index (χ2n) is 3.41. The van der Waals surface area contributed by atoms with E-state index < -0.39 is 0 Å². The van der Waals surface area contributed by atoms with Crippen molar-refractivity contribution in [3.05, 3.63) is 12.7 Å². The maximum atomic E-state index is 11.5. The number of hydrogen-bond donors (Lipinski definition) is 0. The van der Waals surface area contributed by atoms with Crippen LogP contribution in [0.5, 0.6) is 0 Å². The average molecular weight is 217 g/mol. The molecule has 0 aromatic rings. The Morgan fingerprint density at radius 2 is 2.00 bits per heavy atom. The Morgan fingerprint density at radius 1 is 1.36 bits per heavy atom. The van der Waals surface area contributed by atoms with Crippen molar-refractivity contribution in [2.75, 3.05) is 38.6 Å². The third-order valence-electron chi connectivity index (χ3n) is 2.42. The molecule has 0 aromatic carbocycles. The predicted octanol–water partition coefficient (Wildman–Crippen LogP) is 0.946. The first kappa shape index (κ1) is 11.5. The quantitative estimate of drug-likeness (QED) is 0.516. The maximum Gasteiger partial charge on any atom is 0.223 e. The molecule has 1 aliphatic rings. The van der Waals surface area contributed by atoms with E-state index in [9.17, 15) is 4.79 Å². The third-order valence-corrected chi connectivity index (χ3v) is 2.61. The van der Waals surface area contributed by atoms with Gasteiger partial charge in [0.15, 0.2) is 0 Å². The minimum Gasteiger partial charge on any atom is -0.340 e. The van der Waals surface area contributed by atoms with Crippen molar-refractivity contribution in [1.82, 2.24) is 9.80 Å². The number of carbonyl (C=O) groups excluding carboxylic acids is 1. The van der Waals surface area contributed by atoms with E-state index >= 15 is 0 Å². The zero-order valence-electron chi connectivity index (χ0n) is 8.41.